The standard InChI is InChI=1S/C18H26N2O4S/c1-3-25(23,24)20-12-10-16(11-13-20)19-18(22)9-8-17(21)15-6-4-14(2)5-7-15/h4-7,16H,3,8-13H2,1-2H3,(H,19,22). The molecule has 0 aromatic heterocycles. The van der Waals surface area contributed by atoms with Gasteiger partial charge in [0.1, 0.15) is 0 Å². The van der Waals surface area contributed by atoms with E-state index in [2.05, 4.69) is 5.32 Å². The molecule has 0 unspecified atom stereocenters. The van der Waals surface area contributed by atoms with Crippen LogP contribution < -0.4 is 5.32 Å². The normalized spacial score (nSPS) is 16.6. The summed E-state index contributed by atoms with van der Waals surface area (Å²) in [5, 5.41) is 2.91. The monoisotopic (exact) mass is 366 g/mol. The Kier molecular flexibility index (Phi) is 6.72. The first-order valence-electron chi connectivity index (χ1n) is 8.69. The van der Waals surface area contributed by atoms with Crippen LogP contribution in [-0.2, 0) is 14.8 Å². The van der Waals surface area contributed by atoms with Crippen LogP contribution in [0.3, 0.4) is 0 Å². The van der Waals surface area contributed by atoms with E-state index in [1.807, 2.05) is 19.1 Å². The minimum absolute atomic E-state index is 0.0229. The molecule has 2 rings (SSSR count). The van der Waals surface area contributed by atoms with E-state index in [1.54, 1.807) is 19.1 Å². The van der Waals surface area contributed by atoms with Crippen molar-refractivity contribution in [2.45, 2.75) is 45.6 Å². The molecule has 0 atom stereocenters. The van der Waals surface area contributed by atoms with Gasteiger partial charge in [0.2, 0.25) is 15.9 Å². The first-order valence-corrected chi connectivity index (χ1v) is 10.3. The zero-order chi connectivity index (χ0) is 18.4. The maximum absolute atomic E-state index is 12.1. The lowest BCUT2D eigenvalue weighted by Gasteiger charge is -2.31. The van der Waals surface area contributed by atoms with Crippen LogP contribution >= 0.6 is 0 Å². The Bertz CT molecular complexity index is 705. The van der Waals surface area contributed by atoms with E-state index in [1.165, 1.54) is 4.31 Å². The number of hydrogen-bond acceptors (Lipinski definition) is 4. The number of amides is 1. The smallest absolute Gasteiger partial charge is 0.220 e. The van der Waals surface area contributed by atoms with E-state index in [0.29, 0.717) is 31.5 Å². The number of benzene rings is 1. The highest BCUT2D eigenvalue weighted by Gasteiger charge is 2.27. The molecule has 1 aromatic carbocycles. The Labute approximate surface area is 149 Å². The third-order valence-corrected chi connectivity index (χ3v) is 6.41. The summed E-state index contributed by atoms with van der Waals surface area (Å²) in [7, 11) is -3.15. The lowest BCUT2D eigenvalue weighted by Crippen LogP contribution is -2.46. The van der Waals surface area contributed by atoms with E-state index in [0.717, 1.165) is 5.56 Å². The van der Waals surface area contributed by atoms with Crippen LogP contribution in [0.4, 0.5) is 0 Å². The molecule has 0 aliphatic carbocycles. The largest absolute Gasteiger partial charge is 0.353 e. The number of ketones is 1. The Morgan fingerprint density at radius 1 is 1.12 bits per heavy atom. The van der Waals surface area contributed by atoms with Gasteiger partial charge in [-0.2, -0.15) is 0 Å². The van der Waals surface area contributed by atoms with Crippen LogP contribution in [0.5, 0.6) is 0 Å². The van der Waals surface area contributed by atoms with Crippen molar-refractivity contribution in [2.24, 2.45) is 0 Å². The lowest BCUT2D eigenvalue weighted by molar-refractivity contribution is -0.122. The molecule has 1 aromatic rings. The molecule has 1 fully saturated rings. The molecule has 1 aliphatic heterocycles. The van der Waals surface area contributed by atoms with Crippen molar-refractivity contribution in [3.8, 4) is 0 Å². The molecule has 1 N–H and O–H groups in total. The summed E-state index contributed by atoms with van der Waals surface area (Å²) < 4.78 is 25.1. The van der Waals surface area contributed by atoms with Crippen molar-refractivity contribution in [1.82, 2.24) is 9.62 Å². The van der Waals surface area contributed by atoms with Gasteiger partial charge in [0.15, 0.2) is 5.78 Å². The second-order valence-corrected chi connectivity index (χ2v) is 8.69. The summed E-state index contributed by atoms with van der Waals surface area (Å²) in [4.78, 5) is 24.1. The molecule has 1 aliphatic rings. The first-order chi connectivity index (χ1) is 11.8. The number of carbonyl (C=O) groups excluding carboxylic acids is 2. The van der Waals surface area contributed by atoms with Gasteiger partial charge < -0.3 is 5.32 Å². The minimum Gasteiger partial charge on any atom is -0.353 e. The average molecular weight is 366 g/mol. The van der Waals surface area contributed by atoms with Crippen molar-refractivity contribution in [3.63, 3.8) is 0 Å². The number of rotatable bonds is 7. The number of carbonyl (C=O) groups is 2. The number of aryl methyl sites for hydroxylation is 1. The maximum atomic E-state index is 12.1. The molecule has 25 heavy (non-hydrogen) atoms. The minimum atomic E-state index is -3.15. The highest BCUT2D eigenvalue weighted by molar-refractivity contribution is 7.89. The number of piperidine rings is 1. The molecule has 7 heteroatoms. The molecule has 6 nitrogen and oxygen atoms in total. The summed E-state index contributed by atoms with van der Waals surface area (Å²) in [6, 6.07) is 7.29. The maximum Gasteiger partial charge on any atom is 0.220 e. The van der Waals surface area contributed by atoms with Crippen molar-refractivity contribution < 1.29 is 18.0 Å². The summed E-state index contributed by atoms with van der Waals surface area (Å²) in [5.41, 5.74) is 1.71. The van der Waals surface area contributed by atoms with Crippen LogP contribution in [0.2, 0.25) is 0 Å². The van der Waals surface area contributed by atoms with Crippen molar-refractivity contribution in [1.29, 1.82) is 0 Å². The predicted octanol–water partition coefficient (Wildman–Crippen LogP) is 1.89. The highest BCUT2D eigenvalue weighted by atomic mass is 32.2. The van der Waals surface area contributed by atoms with Gasteiger partial charge in [-0.1, -0.05) is 29.8 Å². The summed E-state index contributed by atoms with van der Waals surface area (Å²) in [5.74, 6) is -0.0956. The molecule has 0 radical (unpaired) electrons. The SMILES string of the molecule is CCS(=O)(=O)N1CCC(NC(=O)CCC(=O)c2ccc(C)cc2)CC1. The van der Waals surface area contributed by atoms with Gasteiger partial charge in [-0.3, -0.25) is 9.59 Å². The van der Waals surface area contributed by atoms with E-state index < -0.39 is 10.0 Å². The highest BCUT2D eigenvalue weighted by Crippen LogP contribution is 2.15. The van der Waals surface area contributed by atoms with Gasteiger partial charge in [-0.05, 0) is 26.7 Å². The molecular formula is C18H26N2O4S. The van der Waals surface area contributed by atoms with E-state index in [9.17, 15) is 18.0 Å². The summed E-state index contributed by atoms with van der Waals surface area (Å²) >= 11 is 0. The van der Waals surface area contributed by atoms with Crippen molar-refractivity contribution in [3.05, 3.63) is 35.4 Å². The molecule has 0 spiro atoms. The molecule has 1 amide bonds. The topological polar surface area (TPSA) is 83.6 Å². The number of nitrogens with one attached hydrogen (secondary N) is 1. The van der Waals surface area contributed by atoms with Gasteiger partial charge in [0.25, 0.3) is 0 Å². The fourth-order valence-corrected chi connectivity index (χ4v) is 4.00. The van der Waals surface area contributed by atoms with Crippen LogP contribution in [0.15, 0.2) is 24.3 Å². The van der Waals surface area contributed by atoms with Crippen LogP contribution in [0.25, 0.3) is 0 Å². The molecule has 0 saturated carbocycles. The van der Waals surface area contributed by atoms with Crippen LogP contribution in [0.1, 0.15) is 48.5 Å². The van der Waals surface area contributed by atoms with E-state index in [-0.39, 0.29) is 36.3 Å². The first kappa shape index (κ1) is 19.6. The molecular weight excluding hydrogens is 340 g/mol. The third kappa shape index (κ3) is 5.64. The van der Waals surface area contributed by atoms with Crippen molar-refractivity contribution in [2.75, 3.05) is 18.8 Å². The lowest BCUT2D eigenvalue weighted by atomic mass is 10.0. The molecule has 1 heterocycles. The quantitative estimate of drug-likeness (QED) is 0.747. The second kappa shape index (κ2) is 8.58. The van der Waals surface area contributed by atoms with Gasteiger partial charge in [0, 0.05) is 37.5 Å². The fourth-order valence-electron chi connectivity index (χ4n) is 2.87. The number of Topliss-reactive ketones (excluding diaryl/α,β-unsaturated/α-hetero) is 1. The fraction of sp³-hybridized carbons (Fsp3) is 0.556. The average Bonchev–Trinajstić information content (AvgIpc) is 2.61. The predicted molar refractivity (Wildman–Crippen MR) is 96.9 cm³/mol. The number of sulfonamides is 1. The number of hydrogen-bond donors (Lipinski definition) is 1. The Balaban J connectivity index is 1.74. The van der Waals surface area contributed by atoms with Gasteiger partial charge in [-0.25, -0.2) is 12.7 Å². The Hall–Kier alpha value is -1.73. The zero-order valence-corrected chi connectivity index (χ0v) is 15.6. The van der Waals surface area contributed by atoms with Gasteiger partial charge in [-0.15, -0.1) is 0 Å². The van der Waals surface area contributed by atoms with E-state index >= 15 is 0 Å². The third-order valence-electron chi connectivity index (χ3n) is 4.53. The van der Waals surface area contributed by atoms with Crippen LogP contribution in [-0.4, -0.2) is 49.3 Å². The second-order valence-electron chi connectivity index (χ2n) is 6.43. The van der Waals surface area contributed by atoms with Crippen LogP contribution in [0, 0.1) is 6.92 Å². The zero-order valence-electron chi connectivity index (χ0n) is 14.8. The molecule has 1 saturated heterocycles. The van der Waals surface area contributed by atoms with Gasteiger partial charge in [0.05, 0.1) is 5.75 Å². The Morgan fingerprint density at radius 2 is 1.72 bits per heavy atom. The van der Waals surface area contributed by atoms with Gasteiger partial charge >= 0.3 is 0 Å². The summed E-state index contributed by atoms with van der Waals surface area (Å²) in [6.45, 7) is 4.46. The molecule has 0 bridgehead atoms. The van der Waals surface area contributed by atoms with Crippen molar-refractivity contribution >= 4 is 21.7 Å². The molecule has 138 valence electrons. The van der Waals surface area contributed by atoms with E-state index in [4.69, 9.17) is 0 Å². The summed E-state index contributed by atoms with van der Waals surface area (Å²) in [6.07, 6.45) is 1.55. The Morgan fingerprint density at radius 3 is 2.28 bits per heavy atom. The number of nitrogens with zero attached hydrogens (tertiary/aromatic N) is 1.